The van der Waals surface area contributed by atoms with E-state index in [0.717, 1.165) is 22.3 Å². The summed E-state index contributed by atoms with van der Waals surface area (Å²) in [5.74, 6) is 0.712. The van der Waals surface area contributed by atoms with Crippen LogP contribution in [0.5, 0.6) is 11.5 Å². The van der Waals surface area contributed by atoms with Gasteiger partial charge in [-0.25, -0.2) is 4.79 Å². The Morgan fingerprint density at radius 3 is 2.75 bits per heavy atom. The van der Waals surface area contributed by atoms with Gasteiger partial charge in [0.1, 0.15) is 17.1 Å². The molecule has 0 fully saturated rings. The first-order chi connectivity index (χ1) is 13.5. The Bertz CT molecular complexity index is 1050. The molecule has 0 aliphatic rings. The molecule has 0 unspecified atom stereocenters. The quantitative estimate of drug-likeness (QED) is 0.614. The molecule has 146 valence electrons. The number of rotatable bonds is 7. The van der Waals surface area contributed by atoms with Crippen molar-refractivity contribution >= 4 is 16.9 Å². The fourth-order valence-electron chi connectivity index (χ4n) is 3.24. The second kappa shape index (κ2) is 8.61. The molecule has 3 aromatic rings. The summed E-state index contributed by atoms with van der Waals surface area (Å²) in [6.45, 7) is 2.31. The average Bonchev–Trinajstić information content (AvgIpc) is 2.68. The van der Waals surface area contributed by atoms with E-state index in [4.69, 9.17) is 9.15 Å². The van der Waals surface area contributed by atoms with Crippen LogP contribution in [-0.2, 0) is 17.6 Å². The molecule has 2 aromatic carbocycles. The number of carbonyl (C=O) groups is 1. The van der Waals surface area contributed by atoms with Crippen LogP contribution in [0.15, 0.2) is 51.7 Å². The smallest absolute Gasteiger partial charge is 0.339 e. The maximum Gasteiger partial charge on any atom is 0.339 e. The first-order valence-corrected chi connectivity index (χ1v) is 9.13. The number of aryl methyl sites for hydroxylation is 1. The minimum atomic E-state index is -0.475. The van der Waals surface area contributed by atoms with Crippen molar-refractivity contribution in [1.29, 1.82) is 0 Å². The van der Waals surface area contributed by atoms with Gasteiger partial charge in [-0.05, 0) is 49.1 Å². The predicted molar refractivity (Wildman–Crippen MR) is 107 cm³/mol. The molecule has 0 aliphatic heterocycles. The van der Waals surface area contributed by atoms with Gasteiger partial charge in [-0.2, -0.15) is 0 Å². The first kappa shape index (κ1) is 19.5. The molecule has 0 radical (unpaired) electrons. The molecule has 1 heterocycles. The Hall–Kier alpha value is -3.28. The summed E-state index contributed by atoms with van der Waals surface area (Å²) in [5.41, 5.74) is 2.15. The zero-order valence-corrected chi connectivity index (χ0v) is 16.0. The Morgan fingerprint density at radius 1 is 1.18 bits per heavy atom. The lowest BCUT2D eigenvalue weighted by Crippen LogP contribution is -2.26. The van der Waals surface area contributed by atoms with E-state index < -0.39 is 5.63 Å². The lowest BCUT2D eigenvalue weighted by Gasteiger charge is -2.10. The SMILES string of the molecule is COc1ccccc1CCNC(=O)CCc1c(C)c2ccc(O)cc2oc1=O. The molecular weight excluding hydrogens is 358 g/mol. The summed E-state index contributed by atoms with van der Waals surface area (Å²) in [4.78, 5) is 24.4. The molecule has 0 aliphatic carbocycles. The zero-order chi connectivity index (χ0) is 20.1. The van der Waals surface area contributed by atoms with Crippen molar-refractivity contribution in [3.05, 3.63) is 69.6 Å². The third-order valence-electron chi connectivity index (χ3n) is 4.78. The molecule has 0 atom stereocenters. The van der Waals surface area contributed by atoms with E-state index in [-0.39, 0.29) is 18.1 Å². The molecule has 3 rings (SSSR count). The Balaban J connectivity index is 1.60. The molecule has 0 bridgehead atoms. The van der Waals surface area contributed by atoms with Crippen LogP contribution >= 0.6 is 0 Å². The number of fused-ring (bicyclic) bond motifs is 1. The van der Waals surface area contributed by atoms with E-state index in [1.165, 1.54) is 6.07 Å². The Morgan fingerprint density at radius 2 is 1.96 bits per heavy atom. The Kier molecular flexibility index (Phi) is 5.99. The Labute approximate surface area is 162 Å². The summed E-state index contributed by atoms with van der Waals surface area (Å²) in [5, 5.41) is 13.2. The zero-order valence-electron chi connectivity index (χ0n) is 16.0. The molecule has 6 nitrogen and oxygen atoms in total. The number of carbonyl (C=O) groups excluding carboxylic acids is 1. The largest absolute Gasteiger partial charge is 0.508 e. The van der Waals surface area contributed by atoms with Gasteiger partial charge in [0, 0.05) is 30.0 Å². The van der Waals surface area contributed by atoms with E-state index in [9.17, 15) is 14.7 Å². The van der Waals surface area contributed by atoms with Crippen molar-refractivity contribution in [3.63, 3.8) is 0 Å². The minimum absolute atomic E-state index is 0.0391. The topological polar surface area (TPSA) is 88.8 Å². The van der Waals surface area contributed by atoms with Crippen LogP contribution in [0.1, 0.15) is 23.1 Å². The molecule has 1 amide bonds. The van der Waals surface area contributed by atoms with Crippen molar-refractivity contribution in [2.75, 3.05) is 13.7 Å². The van der Waals surface area contributed by atoms with Gasteiger partial charge in [0.05, 0.1) is 7.11 Å². The standard InChI is InChI=1S/C22H23NO5/c1-14-17-8-7-16(24)13-20(17)28-22(26)18(14)9-10-21(25)23-12-11-15-5-3-4-6-19(15)27-2/h3-8,13,24H,9-12H2,1-2H3,(H,23,25). The minimum Gasteiger partial charge on any atom is -0.508 e. The molecule has 0 spiro atoms. The maximum atomic E-state index is 12.3. The molecule has 1 aromatic heterocycles. The van der Waals surface area contributed by atoms with Crippen LogP contribution < -0.4 is 15.7 Å². The third kappa shape index (κ3) is 4.34. The van der Waals surface area contributed by atoms with E-state index in [2.05, 4.69) is 5.32 Å². The van der Waals surface area contributed by atoms with Crippen molar-refractivity contribution in [2.45, 2.75) is 26.2 Å². The number of methoxy groups -OCH3 is 1. The summed E-state index contributed by atoms with van der Waals surface area (Å²) < 4.78 is 10.6. The summed E-state index contributed by atoms with van der Waals surface area (Å²) in [6.07, 6.45) is 1.16. The number of para-hydroxylation sites is 1. The fraction of sp³-hybridized carbons (Fsp3) is 0.273. The van der Waals surface area contributed by atoms with Gasteiger partial charge >= 0.3 is 5.63 Å². The lowest BCUT2D eigenvalue weighted by atomic mass is 10.0. The van der Waals surface area contributed by atoms with E-state index in [0.29, 0.717) is 30.5 Å². The van der Waals surface area contributed by atoms with Crippen LogP contribution in [0.25, 0.3) is 11.0 Å². The highest BCUT2D eigenvalue weighted by molar-refractivity contribution is 5.82. The van der Waals surface area contributed by atoms with Gasteiger partial charge < -0.3 is 19.6 Å². The van der Waals surface area contributed by atoms with Crippen molar-refractivity contribution in [2.24, 2.45) is 0 Å². The van der Waals surface area contributed by atoms with Crippen LogP contribution in [-0.4, -0.2) is 24.7 Å². The van der Waals surface area contributed by atoms with E-state index in [1.54, 1.807) is 19.2 Å². The number of benzene rings is 2. The highest BCUT2D eigenvalue weighted by atomic mass is 16.5. The average molecular weight is 381 g/mol. The van der Waals surface area contributed by atoms with Crippen molar-refractivity contribution in [3.8, 4) is 11.5 Å². The molecule has 6 heteroatoms. The number of phenolic OH excluding ortho intramolecular Hbond substituents is 1. The number of aromatic hydroxyl groups is 1. The lowest BCUT2D eigenvalue weighted by molar-refractivity contribution is -0.121. The number of hydrogen-bond acceptors (Lipinski definition) is 5. The molecule has 28 heavy (non-hydrogen) atoms. The van der Waals surface area contributed by atoms with Gasteiger partial charge in [-0.3, -0.25) is 4.79 Å². The van der Waals surface area contributed by atoms with Crippen LogP contribution in [0.4, 0.5) is 0 Å². The summed E-state index contributed by atoms with van der Waals surface area (Å²) in [6, 6.07) is 12.4. The fourth-order valence-corrected chi connectivity index (χ4v) is 3.24. The molecule has 0 saturated carbocycles. The maximum absolute atomic E-state index is 12.3. The normalized spacial score (nSPS) is 10.8. The number of nitrogens with one attached hydrogen (secondary N) is 1. The van der Waals surface area contributed by atoms with Gasteiger partial charge in [-0.15, -0.1) is 0 Å². The van der Waals surface area contributed by atoms with Gasteiger partial charge in [0.25, 0.3) is 0 Å². The highest BCUT2D eigenvalue weighted by Gasteiger charge is 2.13. The van der Waals surface area contributed by atoms with Crippen LogP contribution in [0.3, 0.4) is 0 Å². The molecular formula is C22H23NO5. The van der Waals surface area contributed by atoms with E-state index in [1.807, 2.05) is 31.2 Å². The van der Waals surface area contributed by atoms with Crippen LogP contribution in [0, 0.1) is 6.92 Å². The van der Waals surface area contributed by atoms with Crippen molar-refractivity contribution in [1.82, 2.24) is 5.32 Å². The van der Waals surface area contributed by atoms with E-state index >= 15 is 0 Å². The van der Waals surface area contributed by atoms with Gasteiger partial charge in [0.15, 0.2) is 0 Å². The molecule has 2 N–H and O–H groups in total. The second-order valence-electron chi connectivity index (χ2n) is 6.59. The number of ether oxygens (including phenoxy) is 1. The predicted octanol–water partition coefficient (Wildman–Crippen LogP) is 3.11. The summed E-state index contributed by atoms with van der Waals surface area (Å²) >= 11 is 0. The van der Waals surface area contributed by atoms with Crippen LogP contribution in [0.2, 0.25) is 0 Å². The van der Waals surface area contributed by atoms with Gasteiger partial charge in [-0.1, -0.05) is 18.2 Å². The molecule has 0 saturated heterocycles. The third-order valence-corrected chi connectivity index (χ3v) is 4.78. The monoisotopic (exact) mass is 381 g/mol. The summed E-state index contributed by atoms with van der Waals surface area (Å²) in [7, 11) is 1.62. The highest BCUT2D eigenvalue weighted by Crippen LogP contribution is 2.23. The van der Waals surface area contributed by atoms with Crippen molar-refractivity contribution < 1.29 is 19.1 Å². The number of phenols is 1. The number of hydrogen-bond donors (Lipinski definition) is 2. The number of amides is 1. The van der Waals surface area contributed by atoms with Gasteiger partial charge in [0.2, 0.25) is 5.91 Å². The first-order valence-electron chi connectivity index (χ1n) is 9.13. The second-order valence-corrected chi connectivity index (χ2v) is 6.59.